The summed E-state index contributed by atoms with van der Waals surface area (Å²) in [7, 11) is 0. The lowest BCUT2D eigenvalue weighted by molar-refractivity contribution is 0.466. The van der Waals surface area contributed by atoms with E-state index in [2.05, 4.69) is 29.0 Å². The Morgan fingerprint density at radius 1 is 1.24 bits per heavy atom. The summed E-state index contributed by atoms with van der Waals surface area (Å²) in [4.78, 5) is 0. The Hall–Kier alpha value is -1.75. The minimum atomic E-state index is 0.746. The zero-order valence-electron chi connectivity index (χ0n) is 9.89. The van der Waals surface area contributed by atoms with Gasteiger partial charge < -0.3 is 4.57 Å². The van der Waals surface area contributed by atoms with Crippen molar-refractivity contribution in [2.75, 3.05) is 0 Å². The highest BCUT2D eigenvalue weighted by Crippen LogP contribution is 2.28. The fourth-order valence-electron chi connectivity index (χ4n) is 2.90. The van der Waals surface area contributed by atoms with Crippen LogP contribution in [0.2, 0.25) is 0 Å². The highest BCUT2D eigenvalue weighted by Gasteiger charge is 2.16. The summed E-state index contributed by atoms with van der Waals surface area (Å²) < 4.78 is 2.34. The third-order valence-electron chi connectivity index (χ3n) is 3.83. The van der Waals surface area contributed by atoms with E-state index in [0.717, 1.165) is 18.0 Å². The normalized spacial score (nSPS) is 16.4. The summed E-state index contributed by atoms with van der Waals surface area (Å²) in [5.41, 5.74) is 2.01. The van der Waals surface area contributed by atoms with Gasteiger partial charge in [-0.25, -0.2) is 0 Å². The second kappa shape index (κ2) is 4.25. The quantitative estimate of drug-likeness (QED) is 0.764. The van der Waals surface area contributed by atoms with E-state index in [4.69, 9.17) is 5.26 Å². The average Bonchev–Trinajstić information content (AvgIpc) is 2.99. The predicted octanol–water partition coefficient (Wildman–Crippen LogP) is 3.70. The second-order valence-corrected chi connectivity index (χ2v) is 5.00. The molecule has 2 aromatic rings. The van der Waals surface area contributed by atoms with Gasteiger partial charge in [-0.05, 0) is 43.0 Å². The number of nitrogens with zero attached hydrogens (tertiary/aromatic N) is 2. The van der Waals surface area contributed by atoms with E-state index in [1.165, 1.54) is 36.6 Å². The predicted molar refractivity (Wildman–Crippen MR) is 68.6 cm³/mol. The van der Waals surface area contributed by atoms with Gasteiger partial charge >= 0.3 is 0 Å². The van der Waals surface area contributed by atoms with E-state index in [1.807, 2.05) is 12.1 Å². The maximum atomic E-state index is 8.88. The van der Waals surface area contributed by atoms with Crippen LogP contribution in [0.25, 0.3) is 10.9 Å². The molecule has 0 aliphatic heterocycles. The van der Waals surface area contributed by atoms with Crippen molar-refractivity contribution < 1.29 is 0 Å². The molecule has 0 saturated heterocycles. The van der Waals surface area contributed by atoms with Gasteiger partial charge in [-0.2, -0.15) is 5.26 Å². The van der Waals surface area contributed by atoms with Gasteiger partial charge in [-0.15, -0.1) is 0 Å². The standard InChI is InChI=1S/C15H16N2/c16-10-13-5-6-15-14(9-13)7-8-17(15)11-12-3-1-2-4-12/h5-9,12H,1-4,11H2. The van der Waals surface area contributed by atoms with Crippen molar-refractivity contribution in [1.29, 1.82) is 5.26 Å². The number of aromatic nitrogens is 1. The molecule has 0 bridgehead atoms. The lowest BCUT2D eigenvalue weighted by Gasteiger charge is -2.11. The van der Waals surface area contributed by atoms with Gasteiger partial charge in [0.25, 0.3) is 0 Å². The maximum absolute atomic E-state index is 8.88. The van der Waals surface area contributed by atoms with E-state index in [9.17, 15) is 0 Å². The van der Waals surface area contributed by atoms with Crippen LogP contribution in [0.15, 0.2) is 30.5 Å². The molecule has 0 radical (unpaired) electrons. The van der Waals surface area contributed by atoms with E-state index >= 15 is 0 Å². The molecule has 2 nitrogen and oxygen atoms in total. The van der Waals surface area contributed by atoms with Gasteiger partial charge in [0, 0.05) is 23.6 Å². The van der Waals surface area contributed by atoms with E-state index in [-0.39, 0.29) is 0 Å². The average molecular weight is 224 g/mol. The topological polar surface area (TPSA) is 28.7 Å². The Morgan fingerprint density at radius 3 is 2.82 bits per heavy atom. The van der Waals surface area contributed by atoms with Crippen molar-refractivity contribution in [2.24, 2.45) is 5.92 Å². The van der Waals surface area contributed by atoms with Crippen LogP contribution >= 0.6 is 0 Å². The molecule has 0 spiro atoms. The van der Waals surface area contributed by atoms with E-state index in [0.29, 0.717) is 0 Å². The van der Waals surface area contributed by atoms with Gasteiger partial charge in [0.2, 0.25) is 0 Å². The molecule has 1 aromatic heterocycles. The summed E-state index contributed by atoms with van der Waals surface area (Å²) in [5, 5.41) is 10.1. The third-order valence-corrected chi connectivity index (χ3v) is 3.83. The van der Waals surface area contributed by atoms with Gasteiger partial charge in [-0.1, -0.05) is 12.8 Å². The van der Waals surface area contributed by atoms with Gasteiger partial charge in [0.05, 0.1) is 11.6 Å². The summed E-state index contributed by atoms with van der Waals surface area (Å²) >= 11 is 0. The number of rotatable bonds is 2. The van der Waals surface area contributed by atoms with Crippen molar-refractivity contribution in [3.8, 4) is 6.07 Å². The molecule has 1 fully saturated rings. The molecule has 0 amide bonds. The van der Waals surface area contributed by atoms with Crippen LogP contribution in [0.4, 0.5) is 0 Å². The molecule has 1 aliphatic carbocycles. The first-order chi connectivity index (χ1) is 8.36. The minimum absolute atomic E-state index is 0.746. The molecule has 2 heteroatoms. The van der Waals surface area contributed by atoms with E-state index in [1.54, 1.807) is 0 Å². The highest BCUT2D eigenvalue weighted by atomic mass is 15.0. The smallest absolute Gasteiger partial charge is 0.0991 e. The Bertz CT molecular complexity index is 568. The first-order valence-electron chi connectivity index (χ1n) is 6.36. The zero-order valence-corrected chi connectivity index (χ0v) is 9.89. The summed E-state index contributed by atoms with van der Waals surface area (Å²) in [5.74, 6) is 0.848. The number of hydrogen-bond acceptors (Lipinski definition) is 1. The molecule has 0 N–H and O–H groups in total. The fourth-order valence-corrected chi connectivity index (χ4v) is 2.90. The van der Waals surface area contributed by atoms with Crippen molar-refractivity contribution in [3.05, 3.63) is 36.0 Å². The Kier molecular flexibility index (Phi) is 2.60. The molecule has 1 saturated carbocycles. The molecule has 1 aromatic carbocycles. The van der Waals surface area contributed by atoms with Crippen molar-refractivity contribution in [1.82, 2.24) is 4.57 Å². The van der Waals surface area contributed by atoms with Crippen molar-refractivity contribution >= 4 is 10.9 Å². The number of nitriles is 1. The number of hydrogen-bond donors (Lipinski definition) is 0. The molecule has 3 rings (SSSR count). The molecule has 0 unspecified atom stereocenters. The van der Waals surface area contributed by atoms with Crippen LogP contribution in [0.1, 0.15) is 31.2 Å². The fraction of sp³-hybridized carbons (Fsp3) is 0.400. The van der Waals surface area contributed by atoms with E-state index < -0.39 is 0 Å². The maximum Gasteiger partial charge on any atom is 0.0991 e. The lowest BCUT2D eigenvalue weighted by Crippen LogP contribution is -2.05. The Labute approximate surface area is 101 Å². The van der Waals surface area contributed by atoms with Crippen molar-refractivity contribution in [2.45, 2.75) is 32.2 Å². The summed E-state index contributed by atoms with van der Waals surface area (Å²) in [6.07, 6.45) is 7.68. The van der Waals surface area contributed by atoms with Gasteiger partial charge in [0.1, 0.15) is 0 Å². The minimum Gasteiger partial charge on any atom is -0.347 e. The lowest BCUT2D eigenvalue weighted by atomic mass is 10.1. The van der Waals surface area contributed by atoms with Crippen LogP contribution in [0.3, 0.4) is 0 Å². The second-order valence-electron chi connectivity index (χ2n) is 5.00. The molecular formula is C15H16N2. The molecule has 1 aliphatic rings. The Balaban J connectivity index is 1.92. The van der Waals surface area contributed by atoms with Crippen LogP contribution < -0.4 is 0 Å². The largest absolute Gasteiger partial charge is 0.347 e. The molecule has 86 valence electrons. The summed E-state index contributed by atoms with van der Waals surface area (Å²) in [6.45, 7) is 1.13. The first kappa shape index (κ1) is 10.4. The molecule has 17 heavy (non-hydrogen) atoms. The highest BCUT2D eigenvalue weighted by molar-refractivity contribution is 5.81. The number of benzene rings is 1. The van der Waals surface area contributed by atoms with Gasteiger partial charge in [0.15, 0.2) is 0 Å². The zero-order chi connectivity index (χ0) is 11.7. The van der Waals surface area contributed by atoms with Gasteiger partial charge in [-0.3, -0.25) is 0 Å². The van der Waals surface area contributed by atoms with Crippen LogP contribution in [0, 0.1) is 17.2 Å². The monoisotopic (exact) mass is 224 g/mol. The van der Waals surface area contributed by atoms with Crippen LogP contribution in [0.5, 0.6) is 0 Å². The summed E-state index contributed by atoms with van der Waals surface area (Å²) in [6, 6.07) is 10.3. The van der Waals surface area contributed by atoms with Crippen molar-refractivity contribution in [3.63, 3.8) is 0 Å². The molecular weight excluding hydrogens is 208 g/mol. The SMILES string of the molecule is N#Cc1ccc2c(ccn2CC2CCCC2)c1. The number of fused-ring (bicyclic) bond motifs is 1. The first-order valence-corrected chi connectivity index (χ1v) is 6.36. The van der Waals surface area contributed by atoms with Crippen LogP contribution in [-0.2, 0) is 6.54 Å². The molecule has 0 atom stereocenters. The third kappa shape index (κ3) is 1.93. The van der Waals surface area contributed by atoms with Crippen LogP contribution in [-0.4, -0.2) is 4.57 Å². The Morgan fingerprint density at radius 2 is 2.06 bits per heavy atom. The molecule has 1 heterocycles.